The Morgan fingerprint density at radius 1 is 0.495 bits per heavy atom. The number of likely N-dealkylation sites (tertiary alicyclic amines) is 2. The molecule has 0 spiro atoms. The number of hydrogen-bond donors (Lipinski definition) is 8. The molecule has 2 aromatic rings. The van der Waals surface area contributed by atoms with Gasteiger partial charge in [-0.05, 0) is 101 Å². The first-order valence-electron chi connectivity index (χ1n) is 40.4. The Morgan fingerprint density at radius 3 is 1.52 bits per heavy atom. The molecule has 31 nitrogen and oxygen atoms in total. The Labute approximate surface area is 628 Å². The highest BCUT2D eigenvalue weighted by Gasteiger charge is 2.55. The zero-order valence-electron chi connectivity index (χ0n) is 63.7. The number of nitrogens with one attached hydrogen (secondary N) is 1. The Bertz CT molecular complexity index is 2940. The lowest BCUT2D eigenvalue weighted by Crippen LogP contribution is -2.67. The molecule has 8 heterocycles. The van der Waals surface area contributed by atoms with Gasteiger partial charge in [-0.1, -0.05) is 122 Å². The summed E-state index contributed by atoms with van der Waals surface area (Å²) in [4.78, 5) is 61.5. The lowest BCUT2D eigenvalue weighted by atomic mass is 9.79. The zero-order valence-corrected chi connectivity index (χ0v) is 63.7. The molecule has 0 bridgehead atoms. The smallest absolute Gasteiger partial charge is 0.251 e. The van der Waals surface area contributed by atoms with Crippen LogP contribution in [0.4, 0.5) is 0 Å². The second kappa shape index (κ2) is 38.0. The molecule has 6 saturated heterocycles. The number of aliphatic hydroxyl groups excluding tert-OH is 7. The average molecular weight is 1510 g/mol. The van der Waals surface area contributed by atoms with Gasteiger partial charge in [0.2, 0.25) is 5.91 Å². The van der Waals surface area contributed by atoms with Gasteiger partial charge in [0.25, 0.3) is 11.8 Å². The van der Waals surface area contributed by atoms with Crippen molar-refractivity contribution in [2.24, 2.45) is 47.3 Å². The number of carbonyl (C=O) groups excluding carboxylic acids is 4. The number of rotatable bonds is 31. The van der Waals surface area contributed by atoms with E-state index in [1.807, 2.05) is 6.92 Å². The summed E-state index contributed by atoms with van der Waals surface area (Å²) in [6, 6.07) is -1.29. The van der Waals surface area contributed by atoms with Crippen LogP contribution in [0.5, 0.6) is 0 Å². The largest absolute Gasteiger partial charge is 0.394 e. The summed E-state index contributed by atoms with van der Waals surface area (Å²) < 4.78 is 75.1. The number of hydrogen-bond acceptors (Lipinski definition) is 26. The molecule has 10 aliphatic rings. The molecule has 28 atom stereocenters. The molecule has 0 aromatic carbocycles. The first-order valence-corrected chi connectivity index (χ1v) is 40.4. The van der Waals surface area contributed by atoms with E-state index in [1.165, 1.54) is 15.6 Å². The molecule has 0 radical (unpaired) electrons. The Kier molecular flexibility index (Phi) is 29.1. The SMILES string of the molecule is C[C@H]1[C@H](C)[C@H](O[C@@H]2[C@@H](C)CCC[C@H]2O[C@@H]2O[C@H](CO)[C@H](O)[C@H](O[C@@H](CC3CCCCC3)C(=O)N3CCC3)[C@H]2CC(=O)Cn2cc(COCc3cn(CC(=O)N[C@H]4[C@H](O[C@@H]5CCC[C@H](C)[C@H]5O[C@@H]5O[C@@H](C)[C@@H](O)[C@@H](O)[C@@H]5O)O[C@H](CO)[C@H](O)[C@@H]4O[C@@H](CC4CCCCC4)C(=O)N4CCC4)nn3)nn2)O[C@@H](C)[C@H]1C. The van der Waals surface area contributed by atoms with Gasteiger partial charge in [0.05, 0.1) is 81.5 Å². The van der Waals surface area contributed by atoms with Gasteiger partial charge in [-0.15, -0.1) is 10.2 Å². The monoisotopic (exact) mass is 1510 g/mol. The summed E-state index contributed by atoms with van der Waals surface area (Å²) in [5.74, 6) is -1.18. The maximum atomic E-state index is 14.7. The van der Waals surface area contributed by atoms with Gasteiger partial charge in [-0.2, -0.15) is 0 Å². The summed E-state index contributed by atoms with van der Waals surface area (Å²) in [5.41, 5.74) is 0.727. The maximum Gasteiger partial charge on any atom is 0.251 e. The van der Waals surface area contributed by atoms with Crippen molar-refractivity contribution >= 4 is 23.5 Å². The summed E-state index contributed by atoms with van der Waals surface area (Å²) in [6.07, 6.45) is -2.38. The van der Waals surface area contributed by atoms with Crippen LogP contribution < -0.4 is 5.32 Å². The Hall–Kier alpha value is -4.36. The number of carbonyl (C=O) groups is 4. The minimum atomic E-state index is -1.59. The summed E-state index contributed by atoms with van der Waals surface area (Å²) in [5, 5.41) is 98.3. The molecule has 2 aromatic heterocycles. The highest BCUT2D eigenvalue weighted by molar-refractivity contribution is 5.82. The summed E-state index contributed by atoms with van der Waals surface area (Å²) >= 11 is 0. The number of ether oxygens (including phenoxy) is 11. The van der Waals surface area contributed by atoms with Crippen LogP contribution >= 0.6 is 0 Å². The third kappa shape index (κ3) is 20.2. The van der Waals surface area contributed by atoms with E-state index in [9.17, 15) is 54.9 Å². The van der Waals surface area contributed by atoms with E-state index in [0.29, 0.717) is 87.9 Å². The van der Waals surface area contributed by atoms with Crippen LogP contribution in [0, 0.1) is 47.3 Å². The molecule has 6 aliphatic heterocycles. The average Bonchev–Trinajstić information content (AvgIpc) is 0.864. The standard InChI is InChI=1S/C76H123N9O22/c1-41-18-14-24-54(67(41)106-73-45(5)43(3)44(4)46(6)98-73)102-74-53(69(63(91)58(37-86)104-74)100-56(71(95)82-26-16-27-82)30-48-20-10-8-11-21-48)32-52(88)35-84-33-50(78-80-84)39-97-40-51-34-85(81-79-51)36-60(89)77-61-70(101-57(72(96)83-28-17-29-83)31-49-22-12-9-13-23-49)64(92)59(38-87)105-75(61)103-55-25-15-19-42(2)68(55)107-76-66(94)65(93)62(90)47(7)99-76/h33-34,41-49,53-59,61-70,73-76,86-87,90-94H,8-32,35-40H2,1-7H3,(H,77,89)/t41-,42-,43+,44-,45-,46-,47-,53+,54+,55+,56-,57-,58+,59+,61+,62+,63-,64-,65+,66-,67+,68+,69+,70+,73-,74+,75+,76-/m0/s1. The molecule has 4 aliphatic carbocycles. The lowest BCUT2D eigenvalue weighted by molar-refractivity contribution is -0.336. The van der Waals surface area contributed by atoms with E-state index in [0.717, 1.165) is 89.9 Å². The fourth-order valence-electron chi connectivity index (χ4n) is 18.0. The Balaban J connectivity index is 0.717. The molecular formula is C76H123N9O22. The molecular weight excluding hydrogens is 1390 g/mol. The highest BCUT2D eigenvalue weighted by atomic mass is 16.7. The van der Waals surface area contributed by atoms with Gasteiger partial charge in [-0.3, -0.25) is 19.2 Å². The van der Waals surface area contributed by atoms with Crippen LogP contribution in [0.3, 0.4) is 0 Å². The number of aliphatic hydroxyl groups is 7. The van der Waals surface area contributed by atoms with Crippen LogP contribution in [0.2, 0.25) is 0 Å². The number of Topliss-reactive ketones (excluding diaryl/α,β-unsaturated/α-hetero) is 1. The predicted octanol–water partition coefficient (Wildman–Crippen LogP) is 3.38. The first-order chi connectivity index (χ1) is 51.5. The quantitative estimate of drug-likeness (QED) is 0.0536. The van der Waals surface area contributed by atoms with Crippen molar-refractivity contribution in [3.63, 3.8) is 0 Å². The third-order valence-electron chi connectivity index (χ3n) is 25.3. The number of nitrogens with zero attached hydrogens (tertiary/aromatic N) is 8. The minimum absolute atomic E-state index is 0.0226. The van der Waals surface area contributed by atoms with Crippen LogP contribution in [0.25, 0.3) is 0 Å². The van der Waals surface area contributed by atoms with Crippen molar-refractivity contribution in [1.29, 1.82) is 0 Å². The van der Waals surface area contributed by atoms with Crippen molar-refractivity contribution in [3.8, 4) is 0 Å². The van der Waals surface area contributed by atoms with E-state index in [4.69, 9.17) is 52.1 Å². The predicted molar refractivity (Wildman–Crippen MR) is 379 cm³/mol. The molecule has 107 heavy (non-hydrogen) atoms. The van der Waals surface area contributed by atoms with Gasteiger partial charge in [0.15, 0.2) is 30.9 Å². The lowest BCUT2D eigenvalue weighted by Gasteiger charge is -2.49. The first kappa shape index (κ1) is 82.1. The third-order valence-corrected chi connectivity index (χ3v) is 25.3. The molecule has 3 amide bonds. The second-order valence-corrected chi connectivity index (χ2v) is 33.1. The van der Waals surface area contributed by atoms with Crippen molar-refractivity contribution in [1.82, 2.24) is 45.1 Å². The Morgan fingerprint density at radius 2 is 0.991 bits per heavy atom. The molecule has 604 valence electrons. The van der Waals surface area contributed by atoms with E-state index < -0.39 is 160 Å². The summed E-state index contributed by atoms with van der Waals surface area (Å²) in [7, 11) is 0. The number of amides is 3. The minimum Gasteiger partial charge on any atom is -0.394 e. The number of ketones is 1. The van der Waals surface area contributed by atoms with E-state index in [2.05, 4.69) is 60.6 Å². The van der Waals surface area contributed by atoms with Gasteiger partial charge in [0, 0.05) is 44.4 Å². The van der Waals surface area contributed by atoms with Crippen molar-refractivity contribution in [2.45, 2.75) is 345 Å². The molecule has 4 saturated carbocycles. The van der Waals surface area contributed by atoms with E-state index in [1.54, 1.807) is 22.9 Å². The van der Waals surface area contributed by atoms with Crippen LogP contribution in [0.15, 0.2) is 12.4 Å². The van der Waals surface area contributed by atoms with Crippen LogP contribution in [0.1, 0.15) is 195 Å². The van der Waals surface area contributed by atoms with Crippen molar-refractivity contribution < 1.29 is 107 Å². The summed E-state index contributed by atoms with van der Waals surface area (Å²) in [6.45, 7) is 14.6. The van der Waals surface area contributed by atoms with Gasteiger partial charge < -0.3 is 103 Å². The molecule has 31 heteroatoms. The van der Waals surface area contributed by atoms with E-state index >= 15 is 0 Å². The molecule has 0 unspecified atom stereocenters. The van der Waals surface area contributed by atoms with Gasteiger partial charge in [0.1, 0.15) is 91.6 Å². The fourth-order valence-corrected chi connectivity index (χ4v) is 18.0. The van der Waals surface area contributed by atoms with E-state index in [-0.39, 0.29) is 79.5 Å². The molecule has 10 fully saturated rings. The topological polar surface area (TPSA) is 391 Å². The highest BCUT2D eigenvalue weighted by Crippen LogP contribution is 2.44. The van der Waals surface area contributed by atoms with Crippen LogP contribution in [-0.4, -0.2) is 273 Å². The normalized spacial score (nSPS) is 38.9. The molecule has 8 N–H and O–H groups in total. The second-order valence-electron chi connectivity index (χ2n) is 33.1. The van der Waals surface area contributed by atoms with Crippen molar-refractivity contribution in [2.75, 3.05) is 39.4 Å². The van der Waals surface area contributed by atoms with Crippen molar-refractivity contribution in [3.05, 3.63) is 23.8 Å². The van der Waals surface area contributed by atoms with Gasteiger partial charge in [-0.25, -0.2) is 9.36 Å². The fraction of sp³-hybridized carbons (Fsp3) is 0.895. The molecule has 12 rings (SSSR count). The maximum absolute atomic E-state index is 14.7. The number of aromatic nitrogens is 6. The zero-order chi connectivity index (χ0) is 75.7. The van der Waals surface area contributed by atoms with Crippen LogP contribution in [-0.2, 0) is 97.6 Å². The van der Waals surface area contributed by atoms with Gasteiger partial charge >= 0.3 is 0 Å².